The third-order valence-corrected chi connectivity index (χ3v) is 4.19. The van der Waals surface area contributed by atoms with Crippen molar-refractivity contribution in [2.75, 3.05) is 52.5 Å². The summed E-state index contributed by atoms with van der Waals surface area (Å²) in [6.07, 6.45) is 5.34. The number of aryl methyl sites for hydroxylation is 1. The Morgan fingerprint density at radius 1 is 1.21 bits per heavy atom. The molecule has 0 radical (unpaired) electrons. The maximum absolute atomic E-state index is 5.38. The first kappa shape index (κ1) is 13.1. The van der Waals surface area contributed by atoms with Crippen LogP contribution in [-0.2, 0) is 4.74 Å². The number of aromatic nitrogens is 2. The summed E-state index contributed by atoms with van der Waals surface area (Å²) in [4.78, 5) is 5.08. The molecule has 106 valence electrons. The van der Waals surface area contributed by atoms with Crippen molar-refractivity contribution < 1.29 is 4.74 Å². The Balaban J connectivity index is 1.44. The summed E-state index contributed by atoms with van der Waals surface area (Å²) in [7, 11) is 0. The second-order valence-electron chi connectivity index (χ2n) is 5.69. The van der Waals surface area contributed by atoms with Crippen molar-refractivity contribution in [1.29, 1.82) is 0 Å². The lowest BCUT2D eigenvalue weighted by molar-refractivity contribution is 0.0342. The van der Waals surface area contributed by atoms with Gasteiger partial charge in [-0.1, -0.05) is 0 Å². The van der Waals surface area contributed by atoms with Gasteiger partial charge in [-0.2, -0.15) is 5.10 Å². The third kappa shape index (κ3) is 3.35. The van der Waals surface area contributed by atoms with E-state index < -0.39 is 0 Å². The van der Waals surface area contributed by atoms with Crippen LogP contribution in [0.2, 0.25) is 0 Å². The molecule has 1 aromatic rings. The summed E-state index contributed by atoms with van der Waals surface area (Å²) in [6, 6.07) is 0.568. The molecule has 2 fully saturated rings. The largest absolute Gasteiger partial charge is 0.379 e. The Morgan fingerprint density at radius 2 is 2.00 bits per heavy atom. The fourth-order valence-corrected chi connectivity index (χ4v) is 2.97. The van der Waals surface area contributed by atoms with E-state index in [0.717, 1.165) is 32.8 Å². The van der Waals surface area contributed by atoms with E-state index in [4.69, 9.17) is 4.74 Å². The molecule has 2 saturated heterocycles. The number of hydrogen-bond donors (Lipinski definition) is 0. The van der Waals surface area contributed by atoms with Gasteiger partial charge < -0.3 is 4.74 Å². The van der Waals surface area contributed by atoms with Crippen LogP contribution in [-0.4, -0.2) is 72.1 Å². The second kappa shape index (κ2) is 6.03. The molecular weight excluding hydrogens is 240 g/mol. The third-order valence-electron chi connectivity index (χ3n) is 4.19. The molecule has 3 rings (SSSR count). The van der Waals surface area contributed by atoms with Crippen LogP contribution < -0.4 is 0 Å². The fraction of sp³-hybridized carbons (Fsp3) is 0.786. The van der Waals surface area contributed by atoms with Gasteiger partial charge in [0.2, 0.25) is 0 Å². The first-order valence-corrected chi connectivity index (χ1v) is 7.34. The van der Waals surface area contributed by atoms with E-state index in [2.05, 4.69) is 32.7 Å². The number of likely N-dealkylation sites (tertiary alicyclic amines) is 1. The summed E-state index contributed by atoms with van der Waals surface area (Å²) in [6.45, 7) is 10.8. The zero-order valence-corrected chi connectivity index (χ0v) is 11.8. The number of ether oxygens (including phenoxy) is 1. The zero-order valence-electron chi connectivity index (χ0n) is 11.8. The summed E-state index contributed by atoms with van der Waals surface area (Å²) in [5.41, 5.74) is 1.26. The number of nitrogens with zero attached hydrogens (tertiary/aromatic N) is 4. The molecule has 5 heteroatoms. The molecule has 2 aliphatic heterocycles. The Bertz CT molecular complexity index is 400. The quantitative estimate of drug-likeness (QED) is 0.804. The van der Waals surface area contributed by atoms with Crippen LogP contribution in [0.3, 0.4) is 0 Å². The van der Waals surface area contributed by atoms with E-state index in [1.54, 1.807) is 0 Å². The molecule has 3 heterocycles. The van der Waals surface area contributed by atoms with Crippen LogP contribution >= 0.6 is 0 Å². The molecule has 0 aliphatic carbocycles. The Kier molecular flexibility index (Phi) is 4.15. The second-order valence-corrected chi connectivity index (χ2v) is 5.69. The highest BCUT2D eigenvalue weighted by Crippen LogP contribution is 2.20. The van der Waals surface area contributed by atoms with Gasteiger partial charge in [-0.25, -0.2) is 0 Å². The smallest absolute Gasteiger partial charge is 0.0658 e. The lowest BCUT2D eigenvalue weighted by atomic mass is 10.3. The average molecular weight is 264 g/mol. The molecule has 0 aromatic carbocycles. The van der Waals surface area contributed by atoms with Crippen molar-refractivity contribution in [2.45, 2.75) is 19.4 Å². The van der Waals surface area contributed by atoms with Crippen molar-refractivity contribution >= 4 is 0 Å². The summed E-state index contributed by atoms with van der Waals surface area (Å²) >= 11 is 0. The minimum Gasteiger partial charge on any atom is -0.379 e. The zero-order chi connectivity index (χ0) is 13.1. The van der Waals surface area contributed by atoms with Crippen molar-refractivity contribution in [1.82, 2.24) is 19.6 Å². The topological polar surface area (TPSA) is 33.5 Å². The molecular formula is C14H24N4O. The van der Waals surface area contributed by atoms with Crippen LogP contribution in [0.15, 0.2) is 12.4 Å². The first-order chi connectivity index (χ1) is 9.31. The summed E-state index contributed by atoms with van der Waals surface area (Å²) in [5, 5.41) is 4.45. The lowest BCUT2D eigenvalue weighted by Crippen LogP contribution is -2.41. The first-order valence-electron chi connectivity index (χ1n) is 7.34. The van der Waals surface area contributed by atoms with E-state index in [0.29, 0.717) is 6.04 Å². The molecule has 5 nitrogen and oxygen atoms in total. The molecule has 1 aromatic heterocycles. The molecule has 0 spiro atoms. The van der Waals surface area contributed by atoms with Gasteiger partial charge in [-0.15, -0.1) is 0 Å². The standard InChI is InChI=1S/C14H24N4O/c1-13-10-15-18(11-13)14-2-3-17(12-14)5-4-16-6-8-19-9-7-16/h10-11,14H,2-9,12H2,1H3. The molecule has 1 atom stereocenters. The van der Waals surface area contributed by atoms with E-state index >= 15 is 0 Å². The van der Waals surface area contributed by atoms with E-state index in [-0.39, 0.29) is 0 Å². The molecule has 0 N–H and O–H groups in total. The van der Waals surface area contributed by atoms with Gasteiger partial charge in [0.25, 0.3) is 0 Å². The van der Waals surface area contributed by atoms with Crippen LogP contribution in [0.5, 0.6) is 0 Å². The van der Waals surface area contributed by atoms with Gasteiger partial charge >= 0.3 is 0 Å². The van der Waals surface area contributed by atoms with Gasteiger partial charge in [-0.05, 0) is 18.9 Å². The van der Waals surface area contributed by atoms with Crippen LogP contribution in [0, 0.1) is 6.92 Å². The monoisotopic (exact) mass is 264 g/mol. The van der Waals surface area contributed by atoms with Crippen molar-refractivity contribution in [3.63, 3.8) is 0 Å². The highest BCUT2D eigenvalue weighted by Gasteiger charge is 2.24. The highest BCUT2D eigenvalue weighted by atomic mass is 16.5. The predicted molar refractivity (Wildman–Crippen MR) is 74.3 cm³/mol. The minimum absolute atomic E-state index is 0.568. The molecule has 19 heavy (non-hydrogen) atoms. The Labute approximate surface area is 115 Å². The van der Waals surface area contributed by atoms with E-state index in [9.17, 15) is 0 Å². The normalized spacial score (nSPS) is 26.1. The van der Waals surface area contributed by atoms with Crippen LogP contribution in [0.1, 0.15) is 18.0 Å². The Morgan fingerprint density at radius 3 is 2.74 bits per heavy atom. The average Bonchev–Trinajstić information content (AvgIpc) is 3.06. The van der Waals surface area contributed by atoms with Crippen LogP contribution in [0.25, 0.3) is 0 Å². The number of rotatable bonds is 4. The Hall–Kier alpha value is -0.910. The lowest BCUT2D eigenvalue weighted by Gasteiger charge is -2.28. The summed E-state index contributed by atoms with van der Waals surface area (Å²) < 4.78 is 7.52. The van der Waals surface area contributed by atoms with Gasteiger partial charge in [0.15, 0.2) is 0 Å². The molecule has 0 saturated carbocycles. The SMILES string of the molecule is Cc1cnn(C2CCN(CCN3CCOCC3)C2)c1. The van der Waals surface area contributed by atoms with E-state index in [1.807, 2.05) is 6.20 Å². The molecule has 2 aliphatic rings. The molecule has 0 bridgehead atoms. The van der Waals surface area contributed by atoms with Gasteiger partial charge in [0, 0.05) is 45.5 Å². The predicted octanol–water partition coefficient (Wildman–Crippen LogP) is 0.771. The molecule has 0 amide bonds. The van der Waals surface area contributed by atoms with Gasteiger partial charge in [0.1, 0.15) is 0 Å². The minimum atomic E-state index is 0.568. The highest BCUT2D eigenvalue weighted by molar-refractivity contribution is 5.01. The van der Waals surface area contributed by atoms with Crippen molar-refractivity contribution in [3.8, 4) is 0 Å². The summed E-state index contributed by atoms with van der Waals surface area (Å²) in [5.74, 6) is 0. The number of morpholine rings is 1. The van der Waals surface area contributed by atoms with Crippen molar-refractivity contribution in [2.24, 2.45) is 0 Å². The van der Waals surface area contributed by atoms with Gasteiger partial charge in [-0.3, -0.25) is 14.5 Å². The molecule has 1 unspecified atom stereocenters. The van der Waals surface area contributed by atoms with Gasteiger partial charge in [0.05, 0.1) is 25.5 Å². The number of hydrogen-bond acceptors (Lipinski definition) is 4. The maximum Gasteiger partial charge on any atom is 0.0658 e. The fourth-order valence-electron chi connectivity index (χ4n) is 2.97. The van der Waals surface area contributed by atoms with E-state index in [1.165, 1.54) is 31.6 Å². The maximum atomic E-state index is 5.38. The van der Waals surface area contributed by atoms with Crippen LogP contribution in [0.4, 0.5) is 0 Å². The van der Waals surface area contributed by atoms with Crippen molar-refractivity contribution in [3.05, 3.63) is 18.0 Å².